The molecule has 0 spiro atoms. The minimum atomic E-state index is -0.111. The largest absolute Gasteiger partial charge is 0.355 e. The molecule has 0 saturated heterocycles. The number of rotatable bonds is 8. The van der Waals surface area contributed by atoms with Gasteiger partial charge in [0.25, 0.3) is 0 Å². The first-order chi connectivity index (χ1) is 7.97. The van der Waals surface area contributed by atoms with E-state index in [2.05, 4.69) is 5.32 Å². The van der Waals surface area contributed by atoms with Crippen molar-refractivity contribution in [3.05, 3.63) is 0 Å². The molecule has 0 fully saturated rings. The van der Waals surface area contributed by atoms with E-state index in [1.54, 1.807) is 7.05 Å². The summed E-state index contributed by atoms with van der Waals surface area (Å²) >= 11 is 1.49. The van der Waals surface area contributed by atoms with E-state index in [1.165, 1.54) is 16.7 Å². The van der Waals surface area contributed by atoms with E-state index in [0.717, 1.165) is 12.2 Å². The van der Waals surface area contributed by atoms with Crippen molar-refractivity contribution in [3.63, 3.8) is 0 Å². The van der Waals surface area contributed by atoms with E-state index in [1.807, 2.05) is 13.8 Å². The van der Waals surface area contributed by atoms with Crippen molar-refractivity contribution in [1.82, 2.24) is 10.2 Å². The molecule has 0 aliphatic carbocycles. The molecule has 0 heterocycles. The predicted molar refractivity (Wildman–Crippen MR) is 71.9 cm³/mol. The molecule has 0 aliphatic rings. The summed E-state index contributed by atoms with van der Waals surface area (Å²) in [6, 6.07) is 0.0889. The van der Waals surface area contributed by atoms with Gasteiger partial charge in [0.15, 0.2) is 0 Å². The summed E-state index contributed by atoms with van der Waals surface area (Å²) in [6.07, 6.45) is 0.896. The third-order valence-corrected chi connectivity index (χ3v) is 3.20. The number of nitrogens with zero attached hydrogens (tertiary/aromatic N) is 1. The molecule has 0 saturated carbocycles. The summed E-state index contributed by atoms with van der Waals surface area (Å²) in [6.45, 7) is 4.66. The zero-order chi connectivity index (χ0) is 13.3. The lowest BCUT2D eigenvalue weighted by Gasteiger charge is -2.16. The zero-order valence-corrected chi connectivity index (χ0v) is 11.7. The van der Waals surface area contributed by atoms with Crippen LogP contribution in [0, 0.1) is 0 Å². The van der Waals surface area contributed by atoms with E-state index in [4.69, 9.17) is 5.73 Å². The number of nitrogens with one attached hydrogen (secondary N) is 1. The molecule has 17 heavy (non-hydrogen) atoms. The molecule has 0 aliphatic heterocycles. The minimum Gasteiger partial charge on any atom is -0.355 e. The van der Waals surface area contributed by atoms with Crippen LogP contribution in [0.1, 0.15) is 20.3 Å². The molecule has 2 amide bonds. The highest BCUT2D eigenvalue weighted by atomic mass is 32.2. The summed E-state index contributed by atoms with van der Waals surface area (Å²) in [5, 5.41) is 2.73. The van der Waals surface area contributed by atoms with Crippen molar-refractivity contribution in [2.45, 2.75) is 26.3 Å². The van der Waals surface area contributed by atoms with Gasteiger partial charge in [0.05, 0.1) is 12.3 Å². The van der Waals surface area contributed by atoms with Crippen molar-refractivity contribution >= 4 is 23.6 Å². The third-order valence-electron chi connectivity index (χ3n) is 1.98. The summed E-state index contributed by atoms with van der Waals surface area (Å²) in [5.41, 5.74) is 5.58. The van der Waals surface area contributed by atoms with Crippen LogP contribution in [0.5, 0.6) is 0 Å². The predicted octanol–water partition coefficient (Wildman–Crippen LogP) is 0.0514. The second kappa shape index (κ2) is 9.30. The first kappa shape index (κ1) is 16.2. The second-order valence-electron chi connectivity index (χ2n) is 4.09. The molecule has 0 rings (SSSR count). The Morgan fingerprint density at radius 2 is 2.12 bits per heavy atom. The Bertz CT molecular complexity index is 247. The number of carbonyl (C=O) groups excluding carboxylic acids is 2. The summed E-state index contributed by atoms with van der Waals surface area (Å²) in [7, 11) is 1.64. The molecule has 100 valence electrons. The molecule has 0 aromatic carbocycles. The summed E-state index contributed by atoms with van der Waals surface area (Å²) in [4.78, 5) is 24.4. The molecule has 5 nitrogen and oxygen atoms in total. The Hall–Kier alpha value is -0.750. The van der Waals surface area contributed by atoms with Gasteiger partial charge < -0.3 is 16.0 Å². The molecular weight excluding hydrogens is 238 g/mol. The quantitative estimate of drug-likeness (QED) is 0.647. The normalized spacial score (nSPS) is 12.0. The minimum absolute atomic E-state index is 0.0395. The van der Waals surface area contributed by atoms with Crippen LogP contribution in [0.2, 0.25) is 0 Å². The highest BCUT2D eigenvalue weighted by molar-refractivity contribution is 7.99. The zero-order valence-electron chi connectivity index (χ0n) is 10.9. The van der Waals surface area contributed by atoms with Gasteiger partial charge in [0, 0.05) is 25.4 Å². The van der Waals surface area contributed by atoms with Crippen molar-refractivity contribution in [3.8, 4) is 0 Å². The Morgan fingerprint density at radius 3 is 2.65 bits per heavy atom. The van der Waals surface area contributed by atoms with E-state index in [-0.39, 0.29) is 24.4 Å². The molecule has 1 atom stereocenters. The molecule has 1 unspecified atom stereocenters. The number of thioether (sulfide) groups is 1. The van der Waals surface area contributed by atoms with Crippen LogP contribution in [-0.4, -0.2) is 54.4 Å². The van der Waals surface area contributed by atoms with Crippen LogP contribution in [0.15, 0.2) is 0 Å². The van der Waals surface area contributed by atoms with Crippen molar-refractivity contribution in [2.24, 2.45) is 5.73 Å². The maximum absolute atomic E-state index is 11.6. The molecule has 0 aromatic heterocycles. The Kier molecular flexibility index (Phi) is 8.89. The van der Waals surface area contributed by atoms with Crippen molar-refractivity contribution in [1.29, 1.82) is 0 Å². The fourth-order valence-electron chi connectivity index (χ4n) is 1.07. The summed E-state index contributed by atoms with van der Waals surface area (Å²) in [5.74, 6) is 0.975. The van der Waals surface area contributed by atoms with Gasteiger partial charge in [-0.15, -0.1) is 0 Å². The van der Waals surface area contributed by atoms with Gasteiger partial charge in [-0.3, -0.25) is 9.59 Å². The van der Waals surface area contributed by atoms with Crippen LogP contribution >= 0.6 is 11.8 Å². The highest BCUT2D eigenvalue weighted by Gasteiger charge is 2.12. The standard InChI is InChI=1S/C11H23N3O2S/c1-4-5-13-10(15)6-14(3)11(16)8-17-7-9(2)12/h9H,4-8,12H2,1-3H3,(H,13,15). The molecule has 3 N–H and O–H groups in total. The number of likely N-dealkylation sites (N-methyl/N-ethyl adjacent to an activating group) is 1. The van der Waals surface area contributed by atoms with Crippen LogP contribution in [-0.2, 0) is 9.59 Å². The van der Waals surface area contributed by atoms with E-state index in [9.17, 15) is 9.59 Å². The summed E-state index contributed by atoms with van der Waals surface area (Å²) < 4.78 is 0. The van der Waals surface area contributed by atoms with Gasteiger partial charge in [-0.05, 0) is 13.3 Å². The fraction of sp³-hybridized carbons (Fsp3) is 0.818. The number of hydrogen-bond donors (Lipinski definition) is 2. The van der Waals surface area contributed by atoms with Crippen LogP contribution in [0.4, 0.5) is 0 Å². The van der Waals surface area contributed by atoms with Gasteiger partial charge in [-0.1, -0.05) is 6.92 Å². The monoisotopic (exact) mass is 261 g/mol. The molecular formula is C11H23N3O2S. The van der Waals surface area contributed by atoms with E-state index < -0.39 is 0 Å². The molecule has 0 aromatic rings. The average Bonchev–Trinajstić information content (AvgIpc) is 2.25. The Labute approximate surface area is 107 Å². The third kappa shape index (κ3) is 9.00. The topological polar surface area (TPSA) is 75.4 Å². The van der Waals surface area contributed by atoms with E-state index in [0.29, 0.717) is 12.3 Å². The van der Waals surface area contributed by atoms with Crippen LogP contribution in [0.25, 0.3) is 0 Å². The first-order valence-electron chi connectivity index (χ1n) is 5.81. The van der Waals surface area contributed by atoms with Crippen molar-refractivity contribution < 1.29 is 9.59 Å². The van der Waals surface area contributed by atoms with Crippen LogP contribution < -0.4 is 11.1 Å². The van der Waals surface area contributed by atoms with Crippen LogP contribution in [0.3, 0.4) is 0 Å². The van der Waals surface area contributed by atoms with Gasteiger partial charge in [0.1, 0.15) is 0 Å². The fourth-order valence-corrected chi connectivity index (χ4v) is 1.95. The van der Waals surface area contributed by atoms with Gasteiger partial charge >= 0.3 is 0 Å². The highest BCUT2D eigenvalue weighted by Crippen LogP contribution is 2.02. The molecule has 0 bridgehead atoms. The smallest absolute Gasteiger partial charge is 0.239 e. The maximum Gasteiger partial charge on any atom is 0.239 e. The molecule has 0 radical (unpaired) electrons. The van der Waals surface area contributed by atoms with Gasteiger partial charge in [0.2, 0.25) is 11.8 Å². The average molecular weight is 261 g/mol. The van der Waals surface area contributed by atoms with Gasteiger partial charge in [-0.2, -0.15) is 11.8 Å². The number of hydrogen-bond acceptors (Lipinski definition) is 4. The first-order valence-corrected chi connectivity index (χ1v) is 6.96. The second-order valence-corrected chi connectivity index (χ2v) is 5.12. The Morgan fingerprint density at radius 1 is 1.47 bits per heavy atom. The Balaban J connectivity index is 3.77. The lowest BCUT2D eigenvalue weighted by atomic mass is 10.4. The SMILES string of the molecule is CCCNC(=O)CN(C)C(=O)CSCC(C)N. The lowest BCUT2D eigenvalue weighted by Crippen LogP contribution is -2.39. The van der Waals surface area contributed by atoms with Crippen molar-refractivity contribution in [2.75, 3.05) is 31.6 Å². The number of nitrogens with two attached hydrogens (primary N) is 1. The molecule has 6 heteroatoms. The number of amides is 2. The lowest BCUT2D eigenvalue weighted by molar-refractivity contribution is -0.132. The van der Waals surface area contributed by atoms with E-state index >= 15 is 0 Å². The number of carbonyl (C=O) groups is 2. The van der Waals surface area contributed by atoms with Gasteiger partial charge in [-0.25, -0.2) is 0 Å². The maximum atomic E-state index is 11.6.